The van der Waals surface area contributed by atoms with Gasteiger partial charge >= 0.3 is 5.97 Å². The van der Waals surface area contributed by atoms with Crippen LogP contribution in [0.1, 0.15) is 50.2 Å². The second-order valence-corrected chi connectivity index (χ2v) is 6.67. The zero-order valence-electron chi connectivity index (χ0n) is 12.5. The summed E-state index contributed by atoms with van der Waals surface area (Å²) in [6, 6.07) is 3.22. The van der Waals surface area contributed by atoms with Crippen LogP contribution >= 0.6 is 0 Å². The standard InChI is InChI=1S/C15H22N2O3/c1-14(2,3)11-7-10(13(18)19)8-12(16-11)17-15(4)5-6-20-9-15/h7-8H,5-6,9H2,1-4H3,(H,16,17)(H,18,19). The molecule has 1 aromatic rings. The summed E-state index contributed by atoms with van der Waals surface area (Å²) in [6.45, 7) is 9.44. The third kappa shape index (κ3) is 3.28. The number of rotatable bonds is 3. The van der Waals surface area contributed by atoms with E-state index in [4.69, 9.17) is 4.74 Å². The third-order valence-electron chi connectivity index (χ3n) is 3.49. The number of anilines is 1. The molecule has 1 aliphatic heterocycles. The van der Waals surface area contributed by atoms with Gasteiger partial charge in [-0.15, -0.1) is 0 Å². The summed E-state index contributed by atoms with van der Waals surface area (Å²) in [7, 11) is 0. The lowest BCUT2D eigenvalue weighted by Crippen LogP contribution is -2.35. The summed E-state index contributed by atoms with van der Waals surface area (Å²) in [4.78, 5) is 15.8. The van der Waals surface area contributed by atoms with Crippen LogP contribution in [0.3, 0.4) is 0 Å². The van der Waals surface area contributed by atoms with Crippen LogP contribution in [-0.2, 0) is 10.2 Å². The maximum Gasteiger partial charge on any atom is 0.335 e. The van der Waals surface area contributed by atoms with E-state index in [1.807, 2.05) is 20.8 Å². The van der Waals surface area contributed by atoms with Crippen molar-refractivity contribution in [1.29, 1.82) is 0 Å². The minimum absolute atomic E-state index is 0.181. The van der Waals surface area contributed by atoms with Crippen molar-refractivity contribution in [3.05, 3.63) is 23.4 Å². The molecule has 2 rings (SSSR count). The fourth-order valence-electron chi connectivity index (χ4n) is 2.18. The van der Waals surface area contributed by atoms with Crippen LogP contribution in [0.4, 0.5) is 5.82 Å². The maximum absolute atomic E-state index is 11.3. The number of hydrogen-bond donors (Lipinski definition) is 2. The van der Waals surface area contributed by atoms with E-state index in [2.05, 4.69) is 17.2 Å². The summed E-state index contributed by atoms with van der Waals surface area (Å²) >= 11 is 0. The number of aromatic nitrogens is 1. The first-order valence-electron chi connectivity index (χ1n) is 6.81. The summed E-state index contributed by atoms with van der Waals surface area (Å²) in [5, 5.41) is 12.6. The summed E-state index contributed by atoms with van der Waals surface area (Å²) in [5.74, 6) is -0.336. The molecule has 0 radical (unpaired) electrons. The van der Waals surface area contributed by atoms with Gasteiger partial charge in [0.05, 0.1) is 17.7 Å². The zero-order valence-corrected chi connectivity index (χ0v) is 12.5. The van der Waals surface area contributed by atoms with Crippen molar-refractivity contribution >= 4 is 11.8 Å². The number of nitrogens with zero attached hydrogens (tertiary/aromatic N) is 1. The van der Waals surface area contributed by atoms with E-state index in [0.717, 1.165) is 12.1 Å². The third-order valence-corrected chi connectivity index (χ3v) is 3.49. The van der Waals surface area contributed by atoms with Crippen molar-refractivity contribution in [2.45, 2.75) is 45.1 Å². The van der Waals surface area contributed by atoms with Gasteiger partial charge in [-0.2, -0.15) is 0 Å². The molecule has 1 aliphatic rings. The van der Waals surface area contributed by atoms with Crippen molar-refractivity contribution in [1.82, 2.24) is 4.98 Å². The molecular weight excluding hydrogens is 256 g/mol. The average molecular weight is 278 g/mol. The number of pyridine rings is 1. The molecule has 0 spiro atoms. The quantitative estimate of drug-likeness (QED) is 0.889. The van der Waals surface area contributed by atoms with E-state index >= 15 is 0 Å². The SMILES string of the molecule is CC1(Nc2cc(C(=O)O)cc(C(C)(C)C)n2)CCOC1. The van der Waals surface area contributed by atoms with Gasteiger partial charge in [0, 0.05) is 17.7 Å². The molecule has 0 saturated carbocycles. The second-order valence-electron chi connectivity index (χ2n) is 6.67. The molecule has 5 heteroatoms. The van der Waals surface area contributed by atoms with Gasteiger partial charge in [-0.05, 0) is 25.5 Å². The van der Waals surface area contributed by atoms with Crippen LogP contribution in [0, 0.1) is 0 Å². The van der Waals surface area contributed by atoms with Crippen LogP contribution in [0.5, 0.6) is 0 Å². The highest BCUT2D eigenvalue weighted by Crippen LogP contribution is 2.27. The topological polar surface area (TPSA) is 71.5 Å². The first-order valence-corrected chi connectivity index (χ1v) is 6.81. The molecule has 0 aliphatic carbocycles. The van der Waals surface area contributed by atoms with Crippen LogP contribution in [-0.4, -0.2) is 34.8 Å². The van der Waals surface area contributed by atoms with Crippen molar-refractivity contribution < 1.29 is 14.6 Å². The number of hydrogen-bond acceptors (Lipinski definition) is 4. The van der Waals surface area contributed by atoms with E-state index < -0.39 is 5.97 Å². The molecule has 5 nitrogen and oxygen atoms in total. The van der Waals surface area contributed by atoms with E-state index in [-0.39, 0.29) is 16.5 Å². The number of carboxylic acids is 1. The normalized spacial score (nSPS) is 22.8. The minimum Gasteiger partial charge on any atom is -0.478 e. The van der Waals surface area contributed by atoms with Gasteiger partial charge in [0.2, 0.25) is 0 Å². The molecule has 1 fully saturated rings. The zero-order chi connectivity index (χ0) is 15.0. The summed E-state index contributed by atoms with van der Waals surface area (Å²) in [5.41, 5.74) is 0.645. The molecule has 20 heavy (non-hydrogen) atoms. The molecule has 1 unspecified atom stereocenters. The molecule has 2 N–H and O–H groups in total. The number of carbonyl (C=O) groups is 1. The predicted octanol–water partition coefficient (Wildman–Crippen LogP) is 2.67. The van der Waals surface area contributed by atoms with E-state index in [1.54, 1.807) is 12.1 Å². The van der Waals surface area contributed by atoms with Gasteiger partial charge in [-0.25, -0.2) is 9.78 Å². The highest BCUT2D eigenvalue weighted by Gasteiger charge is 2.30. The smallest absolute Gasteiger partial charge is 0.335 e. The molecule has 0 bridgehead atoms. The molecular formula is C15H22N2O3. The van der Waals surface area contributed by atoms with E-state index in [0.29, 0.717) is 19.0 Å². The van der Waals surface area contributed by atoms with Crippen LogP contribution in [0.15, 0.2) is 12.1 Å². The fraction of sp³-hybridized carbons (Fsp3) is 0.600. The number of carboxylic acid groups (broad SMARTS) is 1. The molecule has 2 heterocycles. The largest absolute Gasteiger partial charge is 0.478 e. The first kappa shape index (κ1) is 14.8. The Balaban J connectivity index is 2.37. The van der Waals surface area contributed by atoms with Gasteiger partial charge in [-0.1, -0.05) is 20.8 Å². The molecule has 110 valence electrons. The summed E-state index contributed by atoms with van der Waals surface area (Å²) in [6.07, 6.45) is 0.886. The van der Waals surface area contributed by atoms with Crippen molar-refractivity contribution in [2.75, 3.05) is 18.5 Å². The van der Waals surface area contributed by atoms with Crippen LogP contribution in [0.25, 0.3) is 0 Å². The molecule has 0 amide bonds. The predicted molar refractivity (Wildman–Crippen MR) is 77.4 cm³/mol. The van der Waals surface area contributed by atoms with Gasteiger partial charge < -0.3 is 15.2 Å². The molecule has 0 aromatic carbocycles. The van der Waals surface area contributed by atoms with E-state index in [1.165, 1.54) is 0 Å². The van der Waals surface area contributed by atoms with Crippen molar-refractivity contribution in [3.8, 4) is 0 Å². The maximum atomic E-state index is 11.3. The highest BCUT2D eigenvalue weighted by molar-refractivity contribution is 5.88. The minimum atomic E-state index is -0.936. The van der Waals surface area contributed by atoms with Gasteiger partial charge in [0.25, 0.3) is 0 Å². The lowest BCUT2D eigenvalue weighted by Gasteiger charge is -2.26. The van der Waals surface area contributed by atoms with Gasteiger partial charge in [-0.3, -0.25) is 0 Å². The molecule has 1 saturated heterocycles. The number of nitrogens with one attached hydrogen (secondary N) is 1. The average Bonchev–Trinajstić information content (AvgIpc) is 2.74. The van der Waals surface area contributed by atoms with Crippen molar-refractivity contribution in [2.24, 2.45) is 0 Å². The Morgan fingerprint density at radius 3 is 2.65 bits per heavy atom. The Morgan fingerprint density at radius 1 is 1.45 bits per heavy atom. The lowest BCUT2D eigenvalue weighted by molar-refractivity contribution is 0.0696. The van der Waals surface area contributed by atoms with Crippen LogP contribution < -0.4 is 5.32 Å². The Labute approximate surface area is 119 Å². The van der Waals surface area contributed by atoms with Gasteiger partial charge in [0.1, 0.15) is 5.82 Å². The Morgan fingerprint density at radius 2 is 2.15 bits per heavy atom. The van der Waals surface area contributed by atoms with Gasteiger partial charge in [0.15, 0.2) is 0 Å². The number of aromatic carboxylic acids is 1. The van der Waals surface area contributed by atoms with E-state index in [9.17, 15) is 9.90 Å². The lowest BCUT2D eigenvalue weighted by atomic mass is 9.90. The molecule has 1 aromatic heterocycles. The van der Waals surface area contributed by atoms with Crippen LogP contribution in [0.2, 0.25) is 0 Å². The monoisotopic (exact) mass is 278 g/mol. The fourth-order valence-corrected chi connectivity index (χ4v) is 2.18. The second kappa shape index (κ2) is 5.05. The summed E-state index contributed by atoms with van der Waals surface area (Å²) < 4.78 is 5.40. The van der Waals surface area contributed by atoms with Crippen molar-refractivity contribution in [3.63, 3.8) is 0 Å². The Bertz CT molecular complexity index is 514. The first-order chi connectivity index (χ1) is 9.20. The number of ether oxygens (including phenoxy) is 1. The molecule has 1 atom stereocenters. The Kier molecular flexibility index (Phi) is 3.73. The highest BCUT2D eigenvalue weighted by atomic mass is 16.5. The Hall–Kier alpha value is -1.62.